The van der Waals surface area contributed by atoms with Gasteiger partial charge in [0.25, 0.3) is 0 Å². The predicted molar refractivity (Wildman–Crippen MR) is 166 cm³/mol. The highest BCUT2D eigenvalue weighted by molar-refractivity contribution is 6.76. The Bertz CT molecular complexity index is 1660. The van der Waals surface area contributed by atoms with Gasteiger partial charge in [-0.2, -0.15) is 5.26 Å². The van der Waals surface area contributed by atoms with Crippen LogP contribution in [0.15, 0.2) is 43.1 Å². The van der Waals surface area contributed by atoms with E-state index in [1.54, 1.807) is 12.3 Å². The number of aryl methyl sites for hydroxylation is 1. The average Bonchev–Trinajstić information content (AvgIpc) is 3.47. The molecule has 0 bridgehead atoms. The molecule has 0 saturated carbocycles. The maximum Gasteiger partial charge on any atom is 0.419 e. The molecule has 0 fully saturated rings. The van der Waals surface area contributed by atoms with Crippen LogP contribution in [0, 0.1) is 18.3 Å². The van der Waals surface area contributed by atoms with E-state index in [4.69, 9.17) is 19.2 Å². The zero-order valence-electron chi connectivity index (χ0n) is 25.4. The largest absolute Gasteiger partial charge is 0.493 e. The van der Waals surface area contributed by atoms with Gasteiger partial charge in [-0.05, 0) is 76.6 Å². The van der Waals surface area contributed by atoms with Crippen molar-refractivity contribution in [1.82, 2.24) is 14.1 Å². The number of imidazole rings is 1. The Balaban J connectivity index is 1.88. The first-order valence-electron chi connectivity index (χ1n) is 13.9. The Hall–Kier alpha value is -3.87. The summed E-state index contributed by atoms with van der Waals surface area (Å²) in [7, 11) is -1.28. The molecule has 0 aliphatic heterocycles. The van der Waals surface area contributed by atoms with E-state index in [0.29, 0.717) is 35.9 Å². The van der Waals surface area contributed by atoms with Gasteiger partial charge in [0, 0.05) is 37.4 Å². The van der Waals surface area contributed by atoms with Crippen LogP contribution in [-0.4, -0.2) is 47.1 Å². The summed E-state index contributed by atoms with van der Waals surface area (Å²) in [4.78, 5) is 18.1. The molecule has 9 heteroatoms. The highest BCUT2D eigenvalue weighted by Crippen LogP contribution is 2.39. The first-order chi connectivity index (χ1) is 19.2. The number of carbonyl (C=O) groups excluding carboxylic acids is 1. The van der Waals surface area contributed by atoms with Gasteiger partial charge < -0.3 is 14.2 Å². The number of ether oxygens (including phenoxy) is 3. The van der Waals surface area contributed by atoms with Crippen LogP contribution >= 0.6 is 0 Å². The third-order valence-corrected chi connectivity index (χ3v) is 8.38. The van der Waals surface area contributed by atoms with Gasteiger partial charge in [0.2, 0.25) is 0 Å². The topological polar surface area (TPSA) is 91.3 Å². The number of hydrogen-bond donors (Lipinski definition) is 0. The highest BCUT2D eigenvalue weighted by atomic mass is 28.3. The number of nitriles is 1. The fourth-order valence-electron chi connectivity index (χ4n) is 4.75. The molecule has 0 unspecified atom stereocenters. The van der Waals surface area contributed by atoms with E-state index < -0.39 is 19.8 Å². The zero-order valence-corrected chi connectivity index (χ0v) is 26.4. The van der Waals surface area contributed by atoms with Crippen LogP contribution in [-0.2, 0) is 16.2 Å². The fraction of sp³-hybridized carbons (Fsp3) is 0.406. The second kappa shape index (κ2) is 11.5. The number of nitrogens with zero attached hydrogens (tertiary/aromatic N) is 4. The number of rotatable bonds is 9. The van der Waals surface area contributed by atoms with Crippen LogP contribution in [0.3, 0.4) is 0 Å². The van der Waals surface area contributed by atoms with Crippen LogP contribution in [0.2, 0.25) is 25.7 Å². The van der Waals surface area contributed by atoms with E-state index in [1.807, 2.05) is 63.5 Å². The molecule has 0 amide bonds. The van der Waals surface area contributed by atoms with Crippen molar-refractivity contribution in [1.29, 1.82) is 5.26 Å². The normalized spacial score (nSPS) is 12.1. The monoisotopic (exact) mass is 572 g/mol. The van der Waals surface area contributed by atoms with Crippen molar-refractivity contribution in [3.63, 3.8) is 0 Å². The number of carbonyl (C=O) groups is 1. The van der Waals surface area contributed by atoms with Crippen LogP contribution in [0.4, 0.5) is 4.79 Å². The van der Waals surface area contributed by atoms with Crippen LogP contribution in [0.1, 0.15) is 50.2 Å². The Morgan fingerprint density at radius 2 is 1.90 bits per heavy atom. The number of aromatic nitrogens is 3. The molecule has 0 saturated heterocycles. The predicted octanol–water partition coefficient (Wildman–Crippen LogP) is 7.73. The summed E-state index contributed by atoms with van der Waals surface area (Å²) >= 11 is 0. The molecule has 8 nitrogen and oxygen atoms in total. The molecule has 4 rings (SSSR count). The van der Waals surface area contributed by atoms with Crippen LogP contribution in [0.5, 0.6) is 5.75 Å². The Morgan fingerprint density at radius 1 is 1.17 bits per heavy atom. The molecule has 0 aliphatic rings. The van der Waals surface area contributed by atoms with Crippen molar-refractivity contribution in [2.45, 2.75) is 72.6 Å². The molecule has 0 radical (unpaired) electrons. The summed E-state index contributed by atoms with van der Waals surface area (Å²) in [5.74, 6) is 1.26. The van der Waals surface area contributed by atoms with E-state index in [2.05, 4.69) is 32.3 Å². The third kappa shape index (κ3) is 6.55. The van der Waals surface area contributed by atoms with Gasteiger partial charge in [-0.25, -0.2) is 9.78 Å². The van der Waals surface area contributed by atoms with Crippen molar-refractivity contribution in [3.05, 3.63) is 65.6 Å². The van der Waals surface area contributed by atoms with E-state index >= 15 is 0 Å². The highest BCUT2D eigenvalue weighted by Gasteiger charge is 2.26. The van der Waals surface area contributed by atoms with Gasteiger partial charge >= 0.3 is 6.09 Å². The molecule has 2 aromatic carbocycles. The zero-order chi connectivity index (χ0) is 30.1. The minimum atomic E-state index is -1.28. The number of hydrogen-bond acceptors (Lipinski definition) is 6. The molecule has 4 aromatic rings. The van der Waals surface area contributed by atoms with Crippen molar-refractivity contribution < 1.29 is 19.0 Å². The summed E-state index contributed by atoms with van der Waals surface area (Å²) in [6.07, 6.45) is 1.27. The lowest BCUT2D eigenvalue weighted by Gasteiger charge is -2.21. The minimum absolute atomic E-state index is 0.266. The second-order valence-corrected chi connectivity index (χ2v) is 18.1. The SMILES string of the molecule is C=C(c1c(OCC)cc(C)c2c1ccn2C(=O)OC(C)(C)C)c1nc2ccc(C#N)cc2n1COCC[Si](C)(C)C. The first-order valence-corrected chi connectivity index (χ1v) is 17.6. The molecule has 0 atom stereocenters. The van der Waals surface area contributed by atoms with Gasteiger partial charge in [0.15, 0.2) is 0 Å². The van der Waals surface area contributed by atoms with E-state index in [-0.39, 0.29) is 6.73 Å². The van der Waals surface area contributed by atoms with Gasteiger partial charge in [0.05, 0.1) is 34.8 Å². The molecule has 216 valence electrons. The summed E-state index contributed by atoms with van der Waals surface area (Å²) in [6, 6.07) is 12.5. The van der Waals surface area contributed by atoms with Gasteiger partial charge in [-0.3, -0.25) is 9.13 Å². The quantitative estimate of drug-likeness (QED) is 0.151. The Labute approximate surface area is 243 Å². The Morgan fingerprint density at radius 3 is 2.54 bits per heavy atom. The minimum Gasteiger partial charge on any atom is -0.493 e. The molecular formula is C32H40N4O4Si. The van der Waals surface area contributed by atoms with E-state index in [0.717, 1.165) is 39.1 Å². The van der Waals surface area contributed by atoms with Gasteiger partial charge in [-0.15, -0.1) is 0 Å². The smallest absolute Gasteiger partial charge is 0.419 e. The lowest BCUT2D eigenvalue weighted by Crippen LogP contribution is -2.26. The molecule has 0 aliphatic carbocycles. The lowest BCUT2D eigenvalue weighted by molar-refractivity contribution is 0.0544. The van der Waals surface area contributed by atoms with Crippen molar-refractivity contribution in [3.8, 4) is 11.8 Å². The van der Waals surface area contributed by atoms with Gasteiger partial charge in [0.1, 0.15) is 23.9 Å². The fourth-order valence-corrected chi connectivity index (χ4v) is 5.51. The van der Waals surface area contributed by atoms with Crippen LogP contribution < -0.4 is 4.74 Å². The number of fused-ring (bicyclic) bond motifs is 2. The molecule has 0 spiro atoms. The van der Waals surface area contributed by atoms with Crippen molar-refractivity contribution in [2.24, 2.45) is 0 Å². The van der Waals surface area contributed by atoms with Gasteiger partial charge in [-0.1, -0.05) is 26.2 Å². The Kier molecular flexibility index (Phi) is 8.48. The molecule has 41 heavy (non-hydrogen) atoms. The maximum atomic E-state index is 13.1. The third-order valence-electron chi connectivity index (χ3n) is 6.68. The molecule has 2 aromatic heterocycles. The standard InChI is InChI=1S/C32H40N4O4Si/c1-10-39-27-17-21(2)29-24(13-14-35(29)31(37)40-32(4,5)6)28(27)22(3)30-34-25-12-11-23(19-33)18-26(25)36(30)20-38-15-16-41(7,8)9/h11-14,17-18H,3,10,15-16,20H2,1-2,4-9H3. The summed E-state index contributed by atoms with van der Waals surface area (Å²) in [6.45, 7) is 22.2. The van der Waals surface area contributed by atoms with Crippen molar-refractivity contribution >= 4 is 41.7 Å². The molecule has 0 N–H and O–H groups in total. The summed E-state index contributed by atoms with van der Waals surface area (Å²) in [5, 5.41) is 10.4. The van der Waals surface area contributed by atoms with E-state index in [1.165, 1.54) is 4.57 Å². The second-order valence-electron chi connectivity index (χ2n) is 12.4. The number of benzene rings is 2. The maximum absolute atomic E-state index is 13.1. The van der Waals surface area contributed by atoms with Crippen molar-refractivity contribution in [2.75, 3.05) is 13.2 Å². The molecular weight excluding hydrogens is 532 g/mol. The first kappa shape index (κ1) is 30.1. The summed E-state index contributed by atoms with van der Waals surface area (Å²) in [5.41, 5.74) is 4.40. The lowest BCUT2D eigenvalue weighted by atomic mass is 9.98. The van der Waals surface area contributed by atoms with E-state index in [9.17, 15) is 10.1 Å². The van der Waals surface area contributed by atoms with Crippen LogP contribution in [0.25, 0.3) is 27.5 Å². The summed E-state index contributed by atoms with van der Waals surface area (Å²) < 4.78 is 21.5. The molecule has 2 heterocycles. The average molecular weight is 573 g/mol.